The van der Waals surface area contributed by atoms with E-state index in [1.807, 2.05) is 0 Å². The number of benzene rings is 1. The summed E-state index contributed by atoms with van der Waals surface area (Å²) in [4.78, 5) is 16.0. The van der Waals surface area contributed by atoms with Gasteiger partial charge in [-0.05, 0) is 12.1 Å². The molecule has 0 aromatic heterocycles. The van der Waals surface area contributed by atoms with Gasteiger partial charge in [-0.2, -0.15) is 13.2 Å². The van der Waals surface area contributed by atoms with Crippen molar-refractivity contribution in [2.45, 2.75) is 24.9 Å². The summed E-state index contributed by atoms with van der Waals surface area (Å²) >= 11 is 5.74. The van der Waals surface area contributed by atoms with Crippen LogP contribution >= 0.6 is 11.6 Å². The van der Waals surface area contributed by atoms with Gasteiger partial charge in [-0.15, -0.1) is 0 Å². The molecule has 0 amide bonds. The van der Waals surface area contributed by atoms with Crippen LogP contribution in [0.2, 0.25) is 5.02 Å². The van der Waals surface area contributed by atoms with E-state index in [1.54, 1.807) is 0 Å². The summed E-state index contributed by atoms with van der Waals surface area (Å²) in [6.07, 6.45) is -4.68. The van der Waals surface area contributed by atoms with Crippen LogP contribution in [-0.4, -0.2) is 41.3 Å². The highest BCUT2D eigenvalue weighted by atomic mass is 35.5. The van der Waals surface area contributed by atoms with Crippen molar-refractivity contribution in [1.82, 2.24) is 4.90 Å². The molecule has 2 rings (SSSR count). The van der Waals surface area contributed by atoms with E-state index in [2.05, 4.69) is 4.99 Å². The number of carboxylic acids is 1. The van der Waals surface area contributed by atoms with Gasteiger partial charge >= 0.3 is 12.1 Å². The summed E-state index contributed by atoms with van der Waals surface area (Å²) in [6, 6.07) is 1.32. The normalized spacial score (nSPS) is 18.2. The Balaban J connectivity index is 2.35. The van der Waals surface area contributed by atoms with Gasteiger partial charge in [-0.3, -0.25) is 0 Å². The molecule has 1 saturated heterocycles. The fraction of sp³-hybridized carbons (Fsp3) is 0.429. The number of hydrogen-bond acceptors (Lipinski definition) is 2. The lowest BCUT2D eigenvalue weighted by Gasteiger charge is -2.30. The van der Waals surface area contributed by atoms with Crippen molar-refractivity contribution >= 4 is 29.6 Å². The Morgan fingerprint density at radius 3 is 2.38 bits per heavy atom. The van der Waals surface area contributed by atoms with Crippen LogP contribution in [0.1, 0.15) is 28.8 Å². The Bertz CT molecular complexity index is 666. The Kier molecular flexibility index (Phi) is 5.03. The van der Waals surface area contributed by atoms with Crippen molar-refractivity contribution in [2.75, 3.05) is 13.1 Å². The molecule has 1 aliphatic heterocycles. The molecule has 4 nitrogen and oxygen atoms in total. The first-order valence-corrected chi connectivity index (χ1v) is 7.18. The molecule has 0 atom stereocenters. The van der Waals surface area contributed by atoms with Crippen molar-refractivity contribution in [1.29, 1.82) is 0 Å². The highest BCUT2D eigenvalue weighted by Crippen LogP contribution is 2.42. The van der Waals surface area contributed by atoms with Gasteiger partial charge in [0.15, 0.2) is 0 Å². The maximum Gasteiger partial charge on any atom is 0.418 e. The highest BCUT2D eigenvalue weighted by Gasteiger charge is 2.36. The fourth-order valence-corrected chi connectivity index (χ4v) is 2.49. The van der Waals surface area contributed by atoms with Gasteiger partial charge in [0.25, 0.3) is 5.92 Å². The molecule has 0 aliphatic carbocycles. The van der Waals surface area contributed by atoms with Crippen LogP contribution in [-0.2, 0) is 6.18 Å². The van der Waals surface area contributed by atoms with Gasteiger partial charge in [0.2, 0.25) is 0 Å². The average Bonchev–Trinajstić information content (AvgIpc) is 2.45. The number of likely N-dealkylation sites (tertiary alicyclic amines) is 1. The summed E-state index contributed by atoms with van der Waals surface area (Å²) in [5.41, 5.74) is -2.47. The van der Waals surface area contributed by atoms with E-state index in [-0.39, 0.29) is 13.1 Å². The second-order valence-corrected chi connectivity index (χ2v) is 5.64. The third-order valence-corrected chi connectivity index (χ3v) is 3.91. The van der Waals surface area contributed by atoms with Gasteiger partial charge in [0, 0.05) is 25.9 Å². The Labute approximate surface area is 138 Å². The topological polar surface area (TPSA) is 52.9 Å². The lowest BCUT2D eigenvalue weighted by atomic mass is 10.1. The fourth-order valence-electron chi connectivity index (χ4n) is 2.19. The van der Waals surface area contributed by atoms with E-state index < -0.39 is 52.7 Å². The van der Waals surface area contributed by atoms with Crippen LogP contribution in [0.15, 0.2) is 17.1 Å². The number of nitrogens with zero attached hydrogens (tertiary/aromatic N) is 2. The summed E-state index contributed by atoms with van der Waals surface area (Å²) in [5.74, 6) is -4.30. The molecule has 24 heavy (non-hydrogen) atoms. The smallest absolute Gasteiger partial charge is 0.418 e. The lowest BCUT2D eigenvalue weighted by Crippen LogP contribution is -2.38. The zero-order chi connectivity index (χ0) is 18.1. The zero-order valence-corrected chi connectivity index (χ0v) is 12.8. The predicted molar refractivity (Wildman–Crippen MR) is 77.3 cm³/mol. The first-order valence-electron chi connectivity index (χ1n) is 6.80. The Hall–Kier alpha value is -1.90. The first kappa shape index (κ1) is 18.4. The number of halogens is 6. The van der Waals surface area contributed by atoms with Crippen molar-refractivity contribution in [3.05, 3.63) is 28.3 Å². The number of carbonyl (C=O) groups is 1. The van der Waals surface area contributed by atoms with Crippen LogP contribution in [0.3, 0.4) is 0 Å². The number of alkyl halides is 5. The molecule has 1 heterocycles. The molecule has 1 fully saturated rings. The van der Waals surface area contributed by atoms with Gasteiger partial charge in [-0.1, -0.05) is 11.6 Å². The van der Waals surface area contributed by atoms with E-state index in [0.29, 0.717) is 6.07 Å². The van der Waals surface area contributed by atoms with Crippen molar-refractivity contribution in [3.8, 4) is 0 Å². The maximum absolute atomic E-state index is 13.1. The van der Waals surface area contributed by atoms with Gasteiger partial charge < -0.3 is 10.0 Å². The van der Waals surface area contributed by atoms with Gasteiger partial charge in [0.05, 0.1) is 28.2 Å². The summed E-state index contributed by atoms with van der Waals surface area (Å²) in [6.45, 7) is -0.151. The number of hydrogen-bond donors (Lipinski definition) is 1. The van der Waals surface area contributed by atoms with Gasteiger partial charge in [-0.25, -0.2) is 18.6 Å². The molecular formula is C14H12ClF5N2O2. The molecule has 0 spiro atoms. The van der Waals surface area contributed by atoms with Crippen molar-refractivity contribution in [2.24, 2.45) is 4.99 Å². The van der Waals surface area contributed by atoms with Crippen molar-refractivity contribution < 1.29 is 31.9 Å². The predicted octanol–water partition coefficient (Wildman–Crippen LogP) is 4.45. The quantitative estimate of drug-likeness (QED) is 0.486. The average molecular weight is 371 g/mol. The molecule has 1 aromatic rings. The molecule has 0 bridgehead atoms. The molecule has 132 valence electrons. The minimum atomic E-state index is -4.79. The number of aliphatic imine (C=N–C) groups is 1. The Morgan fingerprint density at radius 1 is 1.29 bits per heavy atom. The van der Waals surface area contributed by atoms with Crippen LogP contribution < -0.4 is 0 Å². The van der Waals surface area contributed by atoms with E-state index in [0.717, 1.165) is 12.4 Å². The highest BCUT2D eigenvalue weighted by molar-refractivity contribution is 6.36. The van der Waals surface area contributed by atoms with Crippen molar-refractivity contribution in [3.63, 3.8) is 0 Å². The second-order valence-electron chi connectivity index (χ2n) is 5.26. The largest absolute Gasteiger partial charge is 0.478 e. The maximum atomic E-state index is 13.1. The molecule has 0 unspecified atom stereocenters. The van der Waals surface area contributed by atoms with Crippen LogP contribution in [0, 0.1) is 0 Å². The molecule has 0 saturated carbocycles. The molecule has 1 aromatic carbocycles. The summed E-state index contributed by atoms with van der Waals surface area (Å²) in [5, 5.41) is 8.29. The molecule has 10 heteroatoms. The van der Waals surface area contributed by atoms with E-state index in [9.17, 15) is 26.7 Å². The molecule has 0 radical (unpaired) electrons. The van der Waals surface area contributed by atoms with Gasteiger partial charge in [0.1, 0.15) is 0 Å². The molecule has 1 aliphatic rings. The van der Waals surface area contributed by atoms with E-state index >= 15 is 0 Å². The standard InChI is InChI=1S/C14H12ClF5N2O2/c15-10-8(12(23)24)1-2-9(14(18,19)20)11(10)21-7-22-5-3-13(16,17)4-6-22/h1-2,7H,3-6H2,(H,23,24)/b21-7+. The Morgan fingerprint density at radius 2 is 1.88 bits per heavy atom. The lowest BCUT2D eigenvalue weighted by molar-refractivity contribution is -0.137. The number of rotatable bonds is 3. The zero-order valence-electron chi connectivity index (χ0n) is 12.1. The monoisotopic (exact) mass is 370 g/mol. The minimum absolute atomic E-state index is 0.0753. The van der Waals surface area contributed by atoms with E-state index in [1.165, 1.54) is 4.90 Å². The third kappa shape index (κ3) is 4.14. The van der Waals surface area contributed by atoms with Crippen LogP contribution in [0.5, 0.6) is 0 Å². The summed E-state index contributed by atoms with van der Waals surface area (Å²) in [7, 11) is 0. The van der Waals surface area contributed by atoms with Crippen LogP contribution in [0.4, 0.5) is 27.6 Å². The number of carboxylic acid groups (broad SMARTS) is 1. The minimum Gasteiger partial charge on any atom is -0.478 e. The summed E-state index contributed by atoms with van der Waals surface area (Å²) < 4.78 is 65.2. The molecule has 1 N–H and O–H groups in total. The SMILES string of the molecule is O=C(O)c1ccc(C(F)(F)F)c(/N=C/N2CCC(F)(F)CC2)c1Cl. The second kappa shape index (κ2) is 6.54. The van der Waals surface area contributed by atoms with E-state index in [4.69, 9.17) is 16.7 Å². The first-order chi connectivity index (χ1) is 11.0. The number of piperidine rings is 1. The molecular weight excluding hydrogens is 359 g/mol. The third-order valence-electron chi connectivity index (χ3n) is 3.53. The van der Waals surface area contributed by atoms with Crippen LogP contribution in [0.25, 0.3) is 0 Å². The number of aromatic carboxylic acids is 1.